The lowest BCUT2D eigenvalue weighted by molar-refractivity contribution is 0.180. The van der Waals surface area contributed by atoms with Crippen molar-refractivity contribution in [2.75, 3.05) is 12.8 Å². The van der Waals surface area contributed by atoms with E-state index >= 15 is 0 Å². The van der Waals surface area contributed by atoms with E-state index in [-0.39, 0.29) is 6.04 Å². The normalized spacial score (nSPS) is 10.5. The Bertz CT molecular complexity index is 362. The minimum absolute atomic E-state index is 0.146. The van der Waals surface area contributed by atoms with Crippen LogP contribution in [0.1, 0.15) is 31.1 Å². The van der Waals surface area contributed by atoms with Crippen LogP contribution < -0.4 is 5.73 Å². The molecule has 0 bridgehead atoms. The smallest absolute Gasteiger partial charge is 0.140 e. The van der Waals surface area contributed by atoms with Gasteiger partial charge in [0, 0.05) is 13.2 Å². The fraction of sp³-hybridized carbons (Fsp3) is 0.556. The second-order valence-electron chi connectivity index (χ2n) is 3.29. The lowest BCUT2D eigenvalue weighted by Gasteiger charge is -2.06. The maximum Gasteiger partial charge on any atom is 0.140 e. The highest BCUT2D eigenvalue weighted by Gasteiger charge is 2.16. The van der Waals surface area contributed by atoms with Crippen molar-refractivity contribution in [3.8, 4) is 6.07 Å². The maximum absolute atomic E-state index is 8.88. The van der Waals surface area contributed by atoms with Crippen molar-refractivity contribution < 1.29 is 4.74 Å². The van der Waals surface area contributed by atoms with E-state index in [2.05, 4.69) is 5.10 Å². The van der Waals surface area contributed by atoms with Crippen molar-refractivity contribution in [3.05, 3.63) is 11.3 Å². The number of anilines is 1. The first kappa shape index (κ1) is 10.5. The second-order valence-corrected chi connectivity index (χ2v) is 3.29. The monoisotopic (exact) mass is 194 g/mol. The molecule has 0 atom stereocenters. The lowest BCUT2D eigenvalue weighted by Crippen LogP contribution is -2.07. The van der Waals surface area contributed by atoms with E-state index in [4.69, 9.17) is 15.7 Å². The number of hydrogen-bond acceptors (Lipinski definition) is 4. The van der Waals surface area contributed by atoms with Crippen LogP contribution in [-0.2, 0) is 11.3 Å². The molecule has 1 aromatic rings. The van der Waals surface area contributed by atoms with Crippen molar-refractivity contribution in [1.29, 1.82) is 5.26 Å². The van der Waals surface area contributed by atoms with E-state index in [0.717, 1.165) is 0 Å². The third-order valence-electron chi connectivity index (χ3n) is 1.90. The van der Waals surface area contributed by atoms with Gasteiger partial charge in [-0.05, 0) is 13.8 Å². The summed E-state index contributed by atoms with van der Waals surface area (Å²) in [7, 11) is 1.56. The van der Waals surface area contributed by atoms with Gasteiger partial charge in [-0.3, -0.25) is 0 Å². The summed E-state index contributed by atoms with van der Waals surface area (Å²) in [5.74, 6) is 0.412. The fourth-order valence-corrected chi connectivity index (χ4v) is 1.25. The summed E-state index contributed by atoms with van der Waals surface area (Å²) < 4.78 is 6.57. The molecule has 0 aliphatic carbocycles. The zero-order valence-corrected chi connectivity index (χ0v) is 8.61. The number of ether oxygens (including phenoxy) is 1. The number of rotatable bonds is 3. The average molecular weight is 194 g/mol. The van der Waals surface area contributed by atoms with Gasteiger partial charge < -0.3 is 10.5 Å². The summed E-state index contributed by atoms with van der Waals surface area (Å²) in [6, 6.07) is 2.18. The van der Waals surface area contributed by atoms with Crippen molar-refractivity contribution in [2.45, 2.75) is 26.5 Å². The molecule has 0 saturated heterocycles. The first-order valence-corrected chi connectivity index (χ1v) is 4.37. The molecule has 0 unspecified atom stereocenters. The van der Waals surface area contributed by atoms with Gasteiger partial charge in [-0.2, -0.15) is 10.4 Å². The molecule has 14 heavy (non-hydrogen) atoms. The summed E-state index contributed by atoms with van der Waals surface area (Å²) >= 11 is 0. The molecule has 0 radical (unpaired) electrons. The Morgan fingerprint density at radius 1 is 1.64 bits per heavy atom. The highest BCUT2D eigenvalue weighted by molar-refractivity contribution is 5.52. The number of nitrogens with two attached hydrogens (primary N) is 1. The Morgan fingerprint density at radius 2 is 2.29 bits per heavy atom. The fourth-order valence-electron chi connectivity index (χ4n) is 1.25. The van der Waals surface area contributed by atoms with Crippen LogP contribution in [0.5, 0.6) is 0 Å². The van der Waals surface area contributed by atoms with Crippen LogP contribution in [0.3, 0.4) is 0 Å². The van der Waals surface area contributed by atoms with Gasteiger partial charge in [-0.1, -0.05) is 0 Å². The van der Waals surface area contributed by atoms with E-state index in [0.29, 0.717) is 23.7 Å². The third kappa shape index (κ3) is 1.70. The van der Waals surface area contributed by atoms with Gasteiger partial charge in [0.2, 0.25) is 0 Å². The predicted molar refractivity (Wildman–Crippen MR) is 52.5 cm³/mol. The van der Waals surface area contributed by atoms with Crippen LogP contribution in [0.4, 0.5) is 5.82 Å². The van der Waals surface area contributed by atoms with Crippen LogP contribution in [0.25, 0.3) is 0 Å². The van der Waals surface area contributed by atoms with Gasteiger partial charge in [-0.25, -0.2) is 4.68 Å². The summed E-state index contributed by atoms with van der Waals surface area (Å²) in [6.07, 6.45) is 0. The molecule has 0 amide bonds. The Labute approximate surface area is 83.1 Å². The molecule has 0 aliphatic heterocycles. The summed E-state index contributed by atoms with van der Waals surface area (Å²) in [6.45, 7) is 4.23. The number of nitriles is 1. The molecular formula is C9H14N4O. The lowest BCUT2D eigenvalue weighted by atomic mass is 10.2. The Morgan fingerprint density at radius 3 is 2.71 bits per heavy atom. The molecule has 1 aromatic heterocycles. The van der Waals surface area contributed by atoms with Crippen molar-refractivity contribution in [3.63, 3.8) is 0 Å². The number of nitrogens with zero attached hydrogens (tertiary/aromatic N) is 3. The highest BCUT2D eigenvalue weighted by Crippen LogP contribution is 2.20. The van der Waals surface area contributed by atoms with Crippen LogP contribution in [-0.4, -0.2) is 16.9 Å². The van der Waals surface area contributed by atoms with Gasteiger partial charge in [-0.15, -0.1) is 0 Å². The Balaban J connectivity index is 3.19. The minimum Gasteiger partial charge on any atom is -0.383 e. The molecule has 1 rings (SSSR count). The molecule has 2 N–H and O–H groups in total. The average Bonchev–Trinajstić information content (AvgIpc) is 2.43. The van der Waals surface area contributed by atoms with Crippen molar-refractivity contribution >= 4 is 5.82 Å². The number of aromatic nitrogens is 2. The van der Waals surface area contributed by atoms with Gasteiger partial charge in [0.15, 0.2) is 0 Å². The highest BCUT2D eigenvalue weighted by atomic mass is 16.5. The molecule has 0 spiro atoms. The van der Waals surface area contributed by atoms with Crippen LogP contribution >= 0.6 is 0 Å². The molecule has 0 saturated carbocycles. The van der Waals surface area contributed by atoms with Crippen LogP contribution in [0, 0.1) is 11.3 Å². The summed E-state index contributed by atoms with van der Waals surface area (Å²) in [5.41, 5.74) is 6.78. The van der Waals surface area contributed by atoms with Gasteiger partial charge >= 0.3 is 0 Å². The van der Waals surface area contributed by atoms with E-state index < -0.39 is 0 Å². The summed E-state index contributed by atoms with van der Waals surface area (Å²) in [4.78, 5) is 0. The first-order chi connectivity index (χ1) is 6.61. The molecule has 1 heterocycles. The van der Waals surface area contributed by atoms with Crippen molar-refractivity contribution in [1.82, 2.24) is 9.78 Å². The topological polar surface area (TPSA) is 76.9 Å². The maximum atomic E-state index is 8.88. The van der Waals surface area contributed by atoms with E-state index in [1.54, 1.807) is 11.8 Å². The zero-order valence-electron chi connectivity index (χ0n) is 8.61. The molecule has 0 fully saturated rings. The van der Waals surface area contributed by atoms with Crippen LogP contribution in [0.2, 0.25) is 0 Å². The molecule has 0 aliphatic rings. The number of methoxy groups -OCH3 is 1. The molecule has 5 nitrogen and oxygen atoms in total. The largest absolute Gasteiger partial charge is 0.383 e. The van der Waals surface area contributed by atoms with E-state index in [1.165, 1.54) is 0 Å². The SMILES string of the molecule is COCc1nn(C(C)C)c(N)c1C#N. The van der Waals surface area contributed by atoms with E-state index in [1.807, 2.05) is 19.9 Å². The molecular weight excluding hydrogens is 180 g/mol. The van der Waals surface area contributed by atoms with Gasteiger partial charge in [0.05, 0.1) is 6.61 Å². The Hall–Kier alpha value is -1.54. The quantitative estimate of drug-likeness (QED) is 0.780. The van der Waals surface area contributed by atoms with E-state index in [9.17, 15) is 0 Å². The third-order valence-corrected chi connectivity index (χ3v) is 1.90. The predicted octanol–water partition coefficient (Wildman–Crippen LogP) is 1.06. The van der Waals surface area contributed by atoms with Gasteiger partial charge in [0.1, 0.15) is 23.1 Å². The van der Waals surface area contributed by atoms with Gasteiger partial charge in [0.25, 0.3) is 0 Å². The second kappa shape index (κ2) is 4.11. The number of nitrogen functional groups attached to an aromatic ring is 1. The standard InChI is InChI=1S/C9H14N4O/c1-6(2)13-9(11)7(4-10)8(12-13)5-14-3/h6H,5,11H2,1-3H3. The first-order valence-electron chi connectivity index (χ1n) is 4.37. The summed E-state index contributed by atoms with van der Waals surface area (Å²) in [5, 5.41) is 13.1. The minimum atomic E-state index is 0.146. The molecule has 5 heteroatoms. The zero-order chi connectivity index (χ0) is 10.7. The van der Waals surface area contributed by atoms with Crippen LogP contribution in [0.15, 0.2) is 0 Å². The molecule has 76 valence electrons. The Kier molecular flexibility index (Phi) is 3.10. The molecule has 0 aromatic carbocycles. The van der Waals surface area contributed by atoms with Crippen molar-refractivity contribution in [2.24, 2.45) is 0 Å². The number of hydrogen-bond donors (Lipinski definition) is 1.